The molecule has 0 aromatic heterocycles. The Hall–Kier alpha value is -1.89. The van der Waals surface area contributed by atoms with Crippen LogP contribution in [0.2, 0.25) is 0 Å². The van der Waals surface area contributed by atoms with Crippen LogP contribution in [0.1, 0.15) is 31.4 Å². The van der Waals surface area contributed by atoms with Crippen molar-refractivity contribution in [2.45, 2.75) is 38.7 Å². The molecule has 1 saturated heterocycles. The number of ether oxygens (including phenoxy) is 3. The maximum absolute atomic E-state index is 13.3. The zero-order chi connectivity index (χ0) is 19.0. The van der Waals surface area contributed by atoms with Crippen LogP contribution in [-0.2, 0) is 26.6 Å². The standard InChI is InChI=1S/C21H22BrNO4/c1-14(2)27-17-7-4-15(5-8-17)13-23-19-9-6-16(22)12-18(19)21(20(23)24)25-10-3-11-26-21/h4-9,12,14H,3,10-11,13H2,1-2H3. The van der Waals surface area contributed by atoms with E-state index >= 15 is 0 Å². The van der Waals surface area contributed by atoms with Gasteiger partial charge in [-0.15, -0.1) is 0 Å². The average Bonchev–Trinajstić information content (AvgIpc) is 2.86. The number of hydrogen-bond donors (Lipinski definition) is 0. The number of rotatable bonds is 4. The topological polar surface area (TPSA) is 48.0 Å². The van der Waals surface area contributed by atoms with E-state index in [4.69, 9.17) is 14.2 Å². The van der Waals surface area contributed by atoms with Gasteiger partial charge in [0.2, 0.25) is 0 Å². The zero-order valence-corrected chi connectivity index (χ0v) is 17.0. The number of carbonyl (C=O) groups is 1. The number of fused-ring (bicyclic) bond motifs is 2. The molecule has 1 amide bonds. The number of anilines is 1. The van der Waals surface area contributed by atoms with Crippen LogP contribution in [0.5, 0.6) is 5.75 Å². The molecule has 4 rings (SSSR count). The highest BCUT2D eigenvalue weighted by molar-refractivity contribution is 9.10. The Kier molecular flexibility index (Phi) is 4.97. The van der Waals surface area contributed by atoms with E-state index in [1.54, 1.807) is 4.90 Å². The van der Waals surface area contributed by atoms with E-state index in [9.17, 15) is 4.79 Å². The lowest BCUT2D eigenvalue weighted by Crippen LogP contribution is -2.47. The molecule has 0 bridgehead atoms. The van der Waals surface area contributed by atoms with Gasteiger partial charge < -0.3 is 19.1 Å². The third-order valence-corrected chi connectivity index (χ3v) is 5.16. The summed E-state index contributed by atoms with van der Waals surface area (Å²) in [6, 6.07) is 13.6. The monoisotopic (exact) mass is 431 g/mol. The molecule has 0 N–H and O–H groups in total. The third-order valence-electron chi connectivity index (χ3n) is 4.67. The number of carbonyl (C=O) groups excluding carboxylic acids is 1. The molecule has 1 spiro atoms. The van der Waals surface area contributed by atoms with Crippen LogP contribution in [0.4, 0.5) is 5.69 Å². The van der Waals surface area contributed by atoms with E-state index in [1.165, 1.54) is 0 Å². The van der Waals surface area contributed by atoms with Crippen molar-refractivity contribution in [3.8, 4) is 5.75 Å². The van der Waals surface area contributed by atoms with Crippen LogP contribution in [0.15, 0.2) is 46.9 Å². The minimum absolute atomic E-state index is 0.127. The molecular weight excluding hydrogens is 410 g/mol. The summed E-state index contributed by atoms with van der Waals surface area (Å²) in [6.07, 6.45) is 0.914. The van der Waals surface area contributed by atoms with E-state index in [0.29, 0.717) is 19.8 Å². The normalized spacial score (nSPS) is 18.2. The van der Waals surface area contributed by atoms with E-state index < -0.39 is 5.79 Å². The Balaban J connectivity index is 1.64. The highest BCUT2D eigenvalue weighted by Gasteiger charge is 2.54. The van der Waals surface area contributed by atoms with E-state index in [-0.39, 0.29) is 12.0 Å². The summed E-state index contributed by atoms with van der Waals surface area (Å²) in [5.41, 5.74) is 2.61. The molecular formula is C21H22BrNO4. The second-order valence-electron chi connectivity index (χ2n) is 7.03. The van der Waals surface area contributed by atoms with E-state index in [0.717, 1.165) is 33.5 Å². The van der Waals surface area contributed by atoms with Crippen molar-refractivity contribution >= 4 is 27.5 Å². The number of benzene rings is 2. The molecule has 2 aromatic rings. The molecule has 2 aliphatic heterocycles. The minimum atomic E-state index is -1.32. The number of amides is 1. The van der Waals surface area contributed by atoms with Gasteiger partial charge in [-0.25, -0.2) is 0 Å². The molecule has 142 valence electrons. The van der Waals surface area contributed by atoms with Gasteiger partial charge in [-0.2, -0.15) is 0 Å². The average molecular weight is 432 g/mol. The molecule has 0 unspecified atom stereocenters. The smallest absolute Gasteiger partial charge is 0.292 e. The second-order valence-corrected chi connectivity index (χ2v) is 7.95. The van der Waals surface area contributed by atoms with Gasteiger partial charge in [0.15, 0.2) is 0 Å². The van der Waals surface area contributed by atoms with E-state index in [1.807, 2.05) is 56.3 Å². The fourth-order valence-corrected chi connectivity index (χ4v) is 3.87. The molecule has 2 aliphatic rings. The predicted molar refractivity (Wildman–Crippen MR) is 106 cm³/mol. The summed E-state index contributed by atoms with van der Waals surface area (Å²) < 4.78 is 18.4. The molecule has 1 fully saturated rings. The molecule has 6 heteroatoms. The van der Waals surface area contributed by atoms with Gasteiger partial charge in [0, 0.05) is 10.0 Å². The van der Waals surface area contributed by atoms with Crippen molar-refractivity contribution in [2.24, 2.45) is 0 Å². The number of halogens is 1. The van der Waals surface area contributed by atoms with Crippen LogP contribution in [0.3, 0.4) is 0 Å². The molecule has 0 radical (unpaired) electrons. The van der Waals surface area contributed by atoms with Gasteiger partial charge in [-0.05, 0) is 56.2 Å². The number of hydrogen-bond acceptors (Lipinski definition) is 4. The first-order chi connectivity index (χ1) is 13.0. The Morgan fingerprint density at radius 2 is 1.85 bits per heavy atom. The fourth-order valence-electron chi connectivity index (χ4n) is 3.51. The Morgan fingerprint density at radius 3 is 2.52 bits per heavy atom. The van der Waals surface area contributed by atoms with Crippen molar-refractivity contribution in [3.63, 3.8) is 0 Å². The molecule has 0 atom stereocenters. The summed E-state index contributed by atoms with van der Waals surface area (Å²) in [5.74, 6) is -0.669. The SMILES string of the molecule is CC(C)Oc1ccc(CN2C(=O)C3(OCCCO3)c3cc(Br)ccc32)cc1. The van der Waals surface area contributed by atoms with E-state index in [2.05, 4.69) is 15.9 Å². The lowest BCUT2D eigenvalue weighted by atomic mass is 10.1. The Morgan fingerprint density at radius 1 is 1.15 bits per heavy atom. The third kappa shape index (κ3) is 3.37. The molecule has 5 nitrogen and oxygen atoms in total. The molecule has 27 heavy (non-hydrogen) atoms. The van der Waals surface area contributed by atoms with Gasteiger partial charge >= 0.3 is 0 Å². The summed E-state index contributed by atoms with van der Waals surface area (Å²) in [4.78, 5) is 15.0. The minimum Gasteiger partial charge on any atom is -0.491 e. The lowest BCUT2D eigenvalue weighted by molar-refractivity contribution is -0.256. The van der Waals surface area contributed by atoms with Gasteiger partial charge in [-0.1, -0.05) is 28.1 Å². The van der Waals surface area contributed by atoms with Gasteiger partial charge in [0.25, 0.3) is 11.7 Å². The van der Waals surface area contributed by atoms with Crippen molar-refractivity contribution in [1.29, 1.82) is 0 Å². The van der Waals surface area contributed by atoms with Gasteiger partial charge in [0.05, 0.1) is 31.5 Å². The first kappa shape index (κ1) is 18.5. The molecule has 0 saturated carbocycles. The van der Waals surface area contributed by atoms with Crippen molar-refractivity contribution in [2.75, 3.05) is 18.1 Å². The van der Waals surface area contributed by atoms with Crippen LogP contribution >= 0.6 is 15.9 Å². The van der Waals surface area contributed by atoms with Gasteiger partial charge in [0.1, 0.15) is 5.75 Å². The maximum atomic E-state index is 13.3. The van der Waals surface area contributed by atoms with Crippen molar-refractivity contribution < 1.29 is 19.0 Å². The lowest BCUT2D eigenvalue weighted by Gasteiger charge is -2.32. The van der Waals surface area contributed by atoms with Crippen LogP contribution < -0.4 is 9.64 Å². The maximum Gasteiger partial charge on any atom is 0.292 e. The fraction of sp³-hybridized carbons (Fsp3) is 0.381. The number of nitrogens with zero attached hydrogens (tertiary/aromatic N) is 1. The molecule has 2 heterocycles. The highest BCUT2D eigenvalue weighted by Crippen LogP contribution is 2.46. The second kappa shape index (κ2) is 7.26. The Labute approximate surface area is 167 Å². The summed E-state index contributed by atoms with van der Waals surface area (Å²) in [6.45, 7) is 5.45. The van der Waals surface area contributed by atoms with Crippen LogP contribution in [0.25, 0.3) is 0 Å². The van der Waals surface area contributed by atoms with Crippen LogP contribution in [-0.4, -0.2) is 25.2 Å². The van der Waals surface area contributed by atoms with Crippen molar-refractivity contribution in [1.82, 2.24) is 0 Å². The first-order valence-corrected chi connectivity index (χ1v) is 9.94. The summed E-state index contributed by atoms with van der Waals surface area (Å²) in [5, 5.41) is 0. The van der Waals surface area contributed by atoms with Gasteiger partial charge in [-0.3, -0.25) is 4.79 Å². The largest absolute Gasteiger partial charge is 0.491 e. The van der Waals surface area contributed by atoms with Crippen molar-refractivity contribution in [3.05, 3.63) is 58.1 Å². The molecule has 2 aromatic carbocycles. The highest BCUT2D eigenvalue weighted by atomic mass is 79.9. The molecule has 0 aliphatic carbocycles. The zero-order valence-electron chi connectivity index (χ0n) is 15.4. The summed E-state index contributed by atoms with van der Waals surface area (Å²) in [7, 11) is 0. The Bertz CT molecular complexity index is 844. The van der Waals surface area contributed by atoms with Crippen LogP contribution in [0, 0.1) is 0 Å². The summed E-state index contributed by atoms with van der Waals surface area (Å²) >= 11 is 3.49. The first-order valence-electron chi connectivity index (χ1n) is 9.15. The quantitative estimate of drug-likeness (QED) is 0.720. The predicted octanol–water partition coefficient (Wildman–Crippen LogP) is 4.37.